The van der Waals surface area contributed by atoms with Crippen LogP contribution >= 0.6 is 0 Å². The van der Waals surface area contributed by atoms with Crippen molar-refractivity contribution >= 4 is 17.9 Å². The number of aryl methyl sites for hydroxylation is 1. The van der Waals surface area contributed by atoms with Gasteiger partial charge in [-0.1, -0.05) is 12.1 Å². The van der Waals surface area contributed by atoms with Crippen molar-refractivity contribution in [2.75, 3.05) is 24.5 Å². The van der Waals surface area contributed by atoms with Gasteiger partial charge in [0.05, 0.1) is 11.4 Å². The molecular weight excluding hydrogens is 629 g/mol. The van der Waals surface area contributed by atoms with Gasteiger partial charge in [-0.05, 0) is 57.4 Å². The van der Waals surface area contributed by atoms with Crippen LogP contribution in [0.3, 0.4) is 0 Å². The van der Waals surface area contributed by atoms with Gasteiger partial charge in [0.25, 0.3) is 0 Å². The summed E-state index contributed by atoms with van der Waals surface area (Å²) in [5.74, 6) is -3.79. The molecule has 2 aliphatic heterocycles. The summed E-state index contributed by atoms with van der Waals surface area (Å²) >= 11 is 0. The van der Waals surface area contributed by atoms with E-state index in [9.17, 15) is 30.7 Å². The third-order valence-electron chi connectivity index (χ3n) is 7.44. The number of aromatic nitrogens is 4. The van der Waals surface area contributed by atoms with Crippen molar-refractivity contribution in [2.24, 2.45) is 0 Å². The summed E-state index contributed by atoms with van der Waals surface area (Å²) < 4.78 is 79.7. The van der Waals surface area contributed by atoms with Crippen molar-refractivity contribution in [3.63, 3.8) is 0 Å². The number of fused-ring (bicyclic) bond motifs is 2. The molecule has 1 aromatic carbocycles. The van der Waals surface area contributed by atoms with Crippen LogP contribution in [0.25, 0.3) is 0 Å². The minimum atomic E-state index is -5.08. The number of anilines is 1. The minimum Gasteiger partial charge on any atom is -0.475 e. The Bertz CT molecular complexity index is 1460. The molecule has 5 rings (SSSR count). The average Bonchev–Trinajstić information content (AvgIpc) is 3.30. The van der Waals surface area contributed by atoms with Crippen molar-refractivity contribution in [3.8, 4) is 0 Å². The number of aliphatic carboxylic acids is 2. The zero-order valence-electron chi connectivity index (χ0n) is 25.1. The molecule has 1 spiro atoms. The van der Waals surface area contributed by atoms with E-state index in [0.717, 1.165) is 62.9 Å². The maximum absolute atomic E-state index is 13.8. The summed E-state index contributed by atoms with van der Waals surface area (Å²) in [4.78, 5) is 36.6. The number of nitrogens with zero attached hydrogens (tertiary/aromatic N) is 6. The van der Waals surface area contributed by atoms with E-state index >= 15 is 0 Å². The highest BCUT2D eigenvalue weighted by molar-refractivity contribution is 5.73. The van der Waals surface area contributed by atoms with Crippen molar-refractivity contribution in [2.45, 2.75) is 70.5 Å². The SMILES string of the molecule is Cc1nc2c(n1C(C)C)CN(Cc1cccc(F)c1)CC21CCN(c2ncccn2)CC1.O=C(O)C(F)(F)F.O=C(O)C(F)(F)F. The number of alkyl halides is 6. The third kappa shape index (κ3) is 9.14. The maximum atomic E-state index is 13.8. The zero-order valence-corrected chi connectivity index (χ0v) is 25.1. The predicted octanol–water partition coefficient (Wildman–Crippen LogP) is 5.52. The molecule has 0 atom stereocenters. The molecule has 2 N–H and O–H groups in total. The Balaban J connectivity index is 0.000000345. The lowest BCUT2D eigenvalue weighted by molar-refractivity contribution is -0.193. The number of hydrogen-bond donors (Lipinski definition) is 2. The number of benzene rings is 1. The third-order valence-corrected chi connectivity index (χ3v) is 7.44. The molecule has 4 heterocycles. The fraction of sp³-hybridized carbons (Fsp3) is 0.483. The lowest BCUT2D eigenvalue weighted by Gasteiger charge is -2.47. The smallest absolute Gasteiger partial charge is 0.475 e. The Labute approximate surface area is 259 Å². The number of imidazole rings is 1. The van der Waals surface area contributed by atoms with Crippen molar-refractivity contribution in [3.05, 3.63) is 71.3 Å². The first-order chi connectivity index (χ1) is 21.3. The van der Waals surface area contributed by atoms with Crippen LogP contribution in [0.2, 0.25) is 0 Å². The number of piperidine rings is 1. The van der Waals surface area contributed by atoms with Gasteiger partial charge in [-0.15, -0.1) is 0 Å². The summed E-state index contributed by atoms with van der Waals surface area (Å²) in [5, 5.41) is 14.2. The fourth-order valence-corrected chi connectivity index (χ4v) is 5.61. The molecule has 17 heteroatoms. The largest absolute Gasteiger partial charge is 0.490 e. The predicted molar refractivity (Wildman–Crippen MR) is 150 cm³/mol. The molecule has 1 fully saturated rings. The molecule has 0 radical (unpaired) electrons. The summed E-state index contributed by atoms with van der Waals surface area (Å²) in [5.41, 5.74) is 3.61. The standard InChI is InChI=1S/C25H31FN6.2C2HF3O2/c1-18(2)32-19(3)29-23-22(32)16-30(15-20-6-4-7-21(26)14-20)17-25(23)8-12-31(13-9-25)24-27-10-5-11-28-24;2*3-2(4,5)1(6)7/h4-7,10-11,14,18H,8-9,12-13,15-17H2,1-3H3;2*(H,6,7). The zero-order chi connectivity index (χ0) is 34.4. The molecule has 10 nitrogen and oxygen atoms in total. The maximum Gasteiger partial charge on any atom is 0.490 e. The van der Waals surface area contributed by atoms with Gasteiger partial charge in [0, 0.05) is 56.6 Å². The van der Waals surface area contributed by atoms with E-state index in [1.165, 1.54) is 17.5 Å². The van der Waals surface area contributed by atoms with E-state index in [4.69, 9.17) is 24.8 Å². The molecule has 0 aliphatic carbocycles. The second-order valence-electron chi connectivity index (χ2n) is 11.1. The topological polar surface area (TPSA) is 125 Å². The van der Waals surface area contributed by atoms with Gasteiger partial charge in [-0.25, -0.2) is 28.9 Å². The van der Waals surface area contributed by atoms with Gasteiger partial charge < -0.3 is 19.7 Å². The highest BCUT2D eigenvalue weighted by Gasteiger charge is 2.46. The Morgan fingerprint density at radius 3 is 1.98 bits per heavy atom. The summed E-state index contributed by atoms with van der Waals surface area (Å²) in [7, 11) is 0. The lowest BCUT2D eigenvalue weighted by Crippen LogP contribution is -2.52. The van der Waals surface area contributed by atoms with E-state index in [2.05, 4.69) is 45.1 Å². The Hall–Kier alpha value is -4.28. The number of hydrogen-bond acceptors (Lipinski definition) is 7. The molecule has 2 aliphatic rings. The first kappa shape index (κ1) is 36.2. The minimum absolute atomic E-state index is 0.00289. The molecule has 252 valence electrons. The van der Waals surface area contributed by atoms with Crippen LogP contribution < -0.4 is 4.90 Å². The van der Waals surface area contributed by atoms with Crippen molar-refractivity contribution < 1.29 is 50.5 Å². The van der Waals surface area contributed by atoms with E-state index < -0.39 is 24.3 Å². The normalized spacial score (nSPS) is 16.2. The van der Waals surface area contributed by atoms with Crippen LogP contribution in [0.1, 0.15) is 55.5 Å². The molecule has 2 aromatic heterocycles. The Morgan fingerprint density at radius 1 is 0.957 bits per heavy atom. The molecule has 0 saturated carbocycles. The number of rotatable bonds is 4. The van der Waals surface area contributed by atoms with Gasteiger partial charge in [0.2, 0.25) is 5.95 Å². The van der Waals surface area contributed by atoms with Gasteiger partial charge in [-0.2, -0.15) is 26.3 Å². The van der Waals surface area contributed by atoms with E-state index in [-0.39, 0.29) is 11.2 Å². The Kier molecular flexibility index (Phi) is 11.4. The highest BCUT2D eigenvalue weighted by atomic mass is 19.4. The summed E-state index contributed by atoms with van der Waals surface area (Å²) in [6, 6.07) is 9.20. The van der Waals surface area contributed by atoms with E-state index in [0.29, 0.717) is 6.04 Å². The number of carbonyl (C=O) groups is 2. The van der Waals surface area contributed by atoms with Crippen LogP contribution in [0.5, 0.6) is 0 Å². The molecule has 0 unspecified atom stereocenters. The fourth-order valence-electron chi connectivity index (χ4n) is 5.61. The van der Waals surface area contributed by atoms with Crippen molar-refractivity contribution in [1.29, 1.82) is 0 Å². The van der Waals surface area contributed by atoms with Crippen LogP contribution in [-0.2, 0) is 28.1 Å². The second-order valence-corrected chi connectivity index (χ2v) is 11.1. The number of carboxylic acids is 2. The van der Waals surface area contributed by atoms with E-state index in [1.807, 2.05) is 12.1 Å². The summed E-state index contributed by atoms with van der Waals surface area (Å²) in [6.45, 7) is 10.9. The second kappa shape index (κ2) is 14.4. The molecular formula is C29H33F7N6O4. The monoisotopic (exact) mass is 662 g/mol. The molecule has 0 amide bonds. The molecule has 3 aromatic rings. The van der Waals surface area contributed by atoms with Crippen molar-refractivity contribution in [1.82, 2.24) is 24.4 Å². The summed E-state index contributed by atoms with van der Waals surface area (Å²) in [6.07, 6.45) is -4.54. The first-order valence-electron chi connectivity index (χ1n) is 14.0. The molecule has 1 saturated heterocycles. The number of halogens is 7. The Morgan fingerprint density at radius 2 is 1.50 bits per heavy atom. The van der Waals surface area contributed by atoms with E-state index in [1.54, 1.807) is 24.5 Å². The molecule has 0 bridgehead atoms. The quantitative estimate of drug-likeness (QED) is 0.348. The van der Waals surface area contributed by atoms with Crippen LogP contribution in [0, 0.1) is 12.7 Å². The highest BCUT2D eigenvalue weighted by Crippen LogP contribution is 2.43. The van der Waals surface area contributed by atoms with Crippen LogP contribution in [0.4, 0.5) is 36.7 Å². The van der Waals surface area contributed by atoms with Gasteiger partial charge in [-0.3, -0.25) is 4.90 Å². The molecule has 46 heavy (non-hydrogen) atoms. The van der Waals surface area contributed by atoms with Crippen LogP contribution in [-0.4, -0.2) is 78.6 Å². The van der Waals surface area contributed by atoms with Gasteiger partial charge in [0.15, 0.2) is 0 Å². The van der Waals surface area contributed by atoms with Gasteiger partial charge >= 0.3 is 24.3 Å². The van der Waals surface area contributed by atoms with Crippen LogP contribution in [0.15, 0.2) is 42.7 Å². The lowest BCUT2D eigenvalue weighted by atomic mass is 9.72. The number of carboxylic acid groups (broad SMARTS) is 2. The first-order valence-corrected chi connectivity index (χ1v) is 14.0. The van der Waals surface area contributed by atoms with Gasteiger partial charge in [0.1, 0.15) is 11.6 Å². The average molecular weight is 663 g/mol.